The zero-order valence-electron chi connectivity index (χ0n) is 7.55. The predicted octanol–water partition coefficient (Wildman–Crippen LogP) is 2.03. The maximum Gasteiger partial charge on any atom is 0.219 e. The minimum absolute atomic E-state index is 0.231. The van der Waals surface area contributed by atoms with Crippen LogP contribution in [-0.4, -0.2) is 29.2 Å². The van der Waals surface area contributed by atoms with Gasteiger partial charge in [-0.05, 0) is 25.2 Å². The highest BCUT2D eigenvalue weighted by molar-refractivity contribution is 9.09. The average molecular weight is 234 g/mol. The second-order valence-corrected chi connectivity index (χ2v) is 4.24. The number of nitrogens with zero attached hydrogens (tertiary/aromatic N) is 1. The van der Waals surface area contributed by atoms with Crippen LogP contribution in [0.5, 0.6) is 0 Å². The van der Waals surface area contributed by atoms with Crippen molar-refractivity contribution in [1.29, 1.82) is 0 Å². The van der Waals surface area contributed by atoms with Crippen LogP contribution < -0.4 is 0 Å². The van der Waals surface area contributed by atoms with Gasteiger partial charge in [0.2, 0.25) is 5.91 Å². The molecular weight excluding hydrogens is 218 g/mol. The van der Waals surface area contributed by atoms with Crippen molar-refractivity contribution in [2.75, 3.05) is 18.4 Å². The molecule has 0 radical (unpaired) electrons. The van der Waals surface area contributed by atoms with Gasteiger partial charge in [0.15, 0.2) is 0 Å². The van der Waals surface area contributed by atoms with E-state index in [2.05, 4.69) is 15.9 Å². The summed E-state index contributed by atoms with van der Waals surface area (Å²) in [6, 6.07) is 0. The molecule has 0 aromatic heterocycles. The second-order valence-electron chi connectivity index (χ2n) is 3.45. The van der Waals surface area contributed by atoms with Crippen LogP contribution in [0.15, 0.2) is 0 Å². The zero-order valence-corrected chi connectivity index (χ0v) is 9.14. The van der Waals surface area contributed by atoms with Gasteiger partial charge in [0, 0.05) is 25.3 Å². The Kier molecular flexibility index (Phi) is 4.06. The molecule has 1 aliphatic rings. The summed E-state index contributed by atoms with van der Waals surface area (Å²) in [5, 5.41) is 1.06. The van der Waals surface area contributed by atoms with Gasteiger partial charge >= 0.3 is 0 Å². The molecule has 0 N–H and O–H groups in total. The zero-order chi connectivity index (χ0) is 8.97. The first-order chi connectivity index (χ1) is 5.74. The molecule has 0 aromatic rings. The maximum absolute atomic E-state index is 11.1. The number of amides is 1. The van der Waals surface area contributed by atoms with Crippen LogP contribution in [0, 0.1) is 5.92 Å². The standard InChI is InChI=1S/C9H16BrNO/c1-8(12)11-6-2-3-9(7-11)4-5-10/h9H,2-7H2,1H3. The number of alkyl halides is 1. The maximum atomic E-state index is 11.1. The molecule has 1 fully saturated rings. The van der Waals surface area contributed by atoms with Crippen LogP contribution in [0.25, 0.3) is 0 Å². The molecule has 0 spiro atoms. The number of halogens is 1. The molecule has 0 saturated carbocycles. The normalized spacial score (nSPS) is 24.2. The number of rotatable bonds is 2. The van der Waals surface area contributed by atoms with Gasteiger partial charge < -0.3 is 4.90 Å². The molecule has 1 saturated heterocycles. The number of carbonyl (C=O) groups excluding carboxylic acids is 1. The van der Waals surface area contributed by atoms with Crippen LogP contribution in [0.1, 0.15) is 26.2 Å². The van der Waals surface area contributed by atoms with E-state index in [4.69, 9.17) is 0 Å². The van der Waals surface area contributed by atoms with E-state index >= 15 is 0 Å². The Bertz CT molecular complexity index is 159. The third-order valence-electron chi connectivity index (χ3n) is 2.48. The molecule has 12 heavy (non-hydrogen) atoms. The number of piperidine rings is 1. The van der Waals surface area contributed by atoms with Gasteiger partial charge in [-0.2, -0.15) is 0 Å². The summed E-state index contributed by atoms with van der Waals surface area (Å²) in [5.74, 6) is 0.955. The topological polar surface area (TPSA) is 20.3 Å². The highest BCUT2D eigenvalue weighted by Gasteiger charge is 2.20. The quantitative estimate of drug-likeness (QED) is 0.669. The Hall–Kier alpha value is -0.0500. The van der Waals surface area contributed by atoms with E-state index in [1.165, 1.54) is 19.3 Å². The van der Waals surface area contributed by atoms with Crippen molar-refractivity contribution in [3.05, 3.63) is 0 Å². The van der Waals surface area contributed by atoms with Crippen molar-refractivity contribution in [2.24, 2.45) is 5.92 Å². The molecule has 0 aliphatic carbocycles. The van der Waals surface area contributed by atoms with Crippen molar-refractivity contribution >= 4 is 21.8 Å². The third-order valence-corrected chi connectivity index (χ3v) is 2.94. The highest BCUT2D eigenvalue weighted by Crippen LogP contribution is 2.20. The van der Waals surface area contributed by atoms with Crippen molar-refractivity contribution < 1.29 is 4.79 Å². The molecule has 1 rings (SSSR count). The van der Waals surface area contributed by atoms with Crippen molar-refractivity contribution in [2.45, 2.75) is 26.2 Å². The molecule has 1 amide bonds. The first-order valence-electron chi connectivity index (χ1n) is 4.55. The fraction of sp³-hybridized carbons (Fsp3) is 0.889. The van der Waals surface area contributed by atoms with Crippen molar-refractivity contribution in [3.63, 3.8) is 0 Å². The molecule has 70 valence electrons. The molecule has 2 nitrogen and oxygen atoms in total. The van der Waals surface area contributed by atoms with Crippen LogP contribution >= 0.6 is 15.9 Å². The summed E-state index contributed by atoms with van der Waals surface area (Å²) >= 11 is 3.44. The summed E-state index contributed by atoms with van der Waals surface area (Å²) in [5.41, 5.74) is 0. The van der Waals surface area contributed by atoms with Gasteiger partial charge in [0.25, 0.3) is 0 Å². The lowest BCUT2D eigenvalue weighted by Crippen LogP contribution is -2.38. The Morgan fingerprint density at radius 1 is 1.67 bits per heavy atom. The number of likely N-dealkylation sites (tertiary alicyclic amines) is 1. The highest BCUT2D eigenvalue weighted by atomic mass is 79.9. The SMILES string of the molecule is CC(=O)N1CCCC(CCBr)C1. The first kappa shape index (κ1) is 10.0. The summed E-state index contributed by atoms with van der Waals surface area (Å²) in [4.78, 5) is 13.0. The molecule has 1 aliphatic heterocycles. The van der Waals surface area contributed by atoms with Gasteiger partial charge in [-0.25, -0.2) is 0 Å². The van der Waals surface area contributed by atoms with Crippen LogP contribution in [0.3, 0.4) is 0 Å². The van der Waals surface area contributed by atoms with E-state index in [-0.39, 0.29) is 5.91 Å². The van der Waals surface area contributed by atoms with E-state index in [9.17, 15) is 4.79 Å². The Labute approximate surface area is 82.4 Å². The monoisotopic (exact) mass is 233 g/mol. The molecule has 1 unspecified atom stereocenters. The number of carbonyl (C=O) groups is 1. The Balaban J connectivity index is 2.35. The summed E-state index contributed by atoms with van der Waals surface area (Å²) in [6.07, 6.45) is 3.66. The Morgan fingerprint density at radius 3 is 3.00 bits per heavy atom. The van der Waals surface area contributed by atoms with Gasteiger partial charge in [-0.1, -0.05) is 15.9 Å². The van der Waals surface area contributed by atoms with Crippen LogP contribution in [0.2, 0.25) is 0 Å². The molecule has 0 bridgehead atoms. The van der Waals surface area contributed by atoms with Crippen molar-refractivity contribution in [1.82, 2.24) is 4.90 Å². The minimum atomic E-state index is 0.231. The van der Waals surface area contributed by atoms with E-state index in [1.807, 2.05) is 4.90 Å². The number of hydrogen-bond donors (Lipinski definition) is 0. The van der Waals surface area contributed by atoms with Crippen LogP contribution in [0.4, 0.5) is 0 Å². The second kappa shape index (κ2) is 4.85. The lowest BCUT2D eigenvalue weighted by molar-refractivity contribution is -0.130. The average Bonchev–Trinajstić information content (AvgIpc) is 2.05. The Morgan fingerprint density at radius 2 is 2.42 bits per heavy atom. The van der Waals surface area contributed by atoms with E-state index < -0.39 is 0 Å². The third kappa shape index (κ3) is 2.77. The van der Waals surface area contributed by atoms with E-state index in [0.717, 1.165) is 24.3 Å². The molecule has 3 heteroatoms. The fourth-order valence-corrected chi connectivity index (χ4v) is 2.39. The lowest BCUT2D eigenvalue weighted by atomic mass is 9.96. The van der Waals surface area contributed by atoms with Crippen LogP contribution in [-0.2, 0) is 4.79 Å². The lowest BCUT2D eigenvalue weighted by Gasteiger charge is -2.31. The minimum Gasteiger partial charge on any atom is -0.343 e. The van der Waals surface area contributed by atoms with E-state index in [1.54, 1.807) is 6.92 Å². The fourth-order valence-electron chi connectivity index (χ4n) is 1.74. The van der Waals surface area contributed by atoms with E-state index in [0.29, 0.717) is 0 Å². The molecule has 1 heterocycles. The van der Waals surface area contributed by atoms with Gasteiger partial charge in [0.1, 0.15) is 0 Å². The molecule has 1 atom stereocenters. The first-order valence-corrected chi connectivity index (χ1v) is 5.67. The predicted molar refractivity (Wildman–Crippen MR) is 53.4 cm³/mol. The summed E-state index contributed by atoms with van der Waals surface area (Å²) in [6.45, 7) is 3.60. The molecular formula is C9H16BrNO. The summed E-state index contributed by atoms with van der Waals surface area (Å²) < 4.78 is 0. The van der Waals surface area contributed by atoms with Crippen molar-refractivity contribution in [3.8, 4) is 0 Å². The smallest absolute Gasteiger partial charge is 0.219 e. The largest absolute Gasteiger partial charge is 0.343 e. The molecule has 0 aromatic carbocycles. The van der Waals surface area contributed by atoms with Gasteiger partial charge in [0.05, 0.1) is 0 Å². The number of hydrogen-bond acceptors (Lipinski definition) is 1. The summed E-state index contributed by atoms with van der Waals surface area (Å²) in [7, 11) is 0. The van der Waals surface area contributed by atoms with Gasteiger partial charge in [-0.15, -0.1) is 0 Å². The van der Waals surface area contributed by atoms with Gasteiger partial charge in [-0.3, -0.25) is 4.79 Å².